The van der Waals surface area contributed by atoms with Gasteiger partial charge in [0, 0.05) is 19.3 Å². The summed E-state index contributed by atoms with van der Waals surface area (Å²) in [4.78, 5) is 38.3. The van der Waals surface area contributed by atoms with Crippen LogP contribution in [0, 0.1) is 17.8 Å². The van der Waals surface area contributed by atoms with Crippen molar-refractivity contribution in [3.05, 3.63) is 0 Å². The van der Waals surface area contributed by atoms with Crippen molar-refractivity contribution in [3.63, 3.8) is 0 Å². The van der Waals surface area contributed by atoms with Crippen LogP contribution < -0.4 is 0 Å². The van der Waals surface area contributed by atoms with Gasteiger partial charge in [-0.25, -0.2) is 0 Å². The fourth-order valence-electron chi connectivity index (χ4n) is 10.2. The number of hydrogen-bond acceptors (Lipinski definition) is 6. The number of esters is 3. The summed E-state index contributed by atoms with van der Waals surface area (Å²) in [6.07, 6.45) is 62.4. The number of rotatable bonds is 59. The van der Waals surface area contributed by atoms with Gasteiger partial charge >= 0.3 is 17.9 Å². The maximum absolute atomic E-state index is 12.9. The lowest BCUT2D eigenvalue weighted by Gasteiger charge is -2.18. The third kappa shape index (κ3) is 57.7. The molecule has 1 unspecified atom stereocenters. The molecular weight excluding hydrogens is 889 g/mol. The number of carbonyl (C=O) groups is 3. The molecule has 2 atom stereocenters. The summed E-state index contributed by atoms with van der Waals surface area (Å²) in [5.41, 5.74) is 0. The van der Waals surface area contributed by atoms with Crippen LogP contribution in [0.25, 0.3) is 0 Å². The summed E-state index contributed by atoms with van der Waals surface area (Å²) < 4.78 is 17.0. The predicted octanol–water partition coefficient (Wildman–Crippen LogP) is 21.8. The molecule has 0 aliphatic rings. The molecule has 0 aliphatic carbocycles. The quantitative estimate of drug-likeness (QED) is 0.0343. The van der Waals surface area contributed by atoms with Crippen LogP contribution in [0.15, 0.2) is 0 Å². The zero-order chi connectivity index (χ0) is 52.6. The zero-order valence-corrected chi connectivity index (χ0v) is 49.7. The van der Waals surface area contributed by atoms with E-state index in [4.69, 9.17) is 14.2 Å². The monoisotopic (exact) mass is 1020 g/mol. The third-order valence-corrected chi connectivity index (χ3v) is 15.5. The minimum atomic E-state index is -0.765. The minimum Gasteiger partial charge on any atom is -0.462 e. The van der Waals surface area contributed by atoms with Crippen molar-refractivity contribution in [1.29, 1.82) is 0 Å². The van der Waals surface area contributed by atoms with Gasteiger partial charge in [-0.2, -0.15) is 0 Å². The topological polar surface area (TPSA) is 78.9 Å². The minimum absolute atomic E-state index is 0.0624. The van der Waals surface area contributed by atoms with Crippen molar-refractivity contribution in [1.82, 2.24) is 0 Å². The van der Waals surface area contributed by atoms with Crippen LogP contribution in [0.3, 0.4) is 0 Å². The molecule has 6 nitrogen and oxygen atoms in total. The second kappa shape index (κ2) is 57.1. The van der Waals surface area contributed by atoms with Gasteiger partial charge in [0.1, 0.15) is 13.2 Å². The van der Waals surface area contributed by atoms with E-state index in [9.17, 15) is 14.4 Å². The molecule has 0 aromatic heterocycles. The first-order chi connectivity index (χ1) is 35.1. The SMILES string of the molecule is CCC(C)CCCCCCCCCCCCCCCCC(=O)O[C@@H](COC(=O)CCCCCCCCCCCCCCCCCCCCC(C)C)COC(=O)CCCCCCCCCCCCCCC(C)C. The van der Waals surface area contributed by atoms with E-state index in [0.29, 0.717) is 19.3 Å². The summed E-state index contributed by atoms with van der Waals surface area (Å²) in [7, 11) is 0. The van der Waals surface area contributed by atoms with Gasteiger partial charge in [-0.1, -0.05) is 330 Å². The van der Waals surface area contributed by atoms with Gasteiger partial charge in [0.05, 0.1) is 0 Å². The summed E-state index contributed by atoms with van der Waals surface area (Å²) >= 11 is 0. The van der Waals surface area contributed by atoms with E-state index >= 15 is 0 Å². The molecule has 0 saturated carbocycles. The lowest BCUT2D eigenvalue weighted by atomic mass is 9.99. The van der Waals surface area contributed by atoms with Gasteiger partial charge in [-0.3, -0.25) is 14.4 Å². The van der Waals surface area contributed by atoms with Crippen LogP contribution in [0.4, 0.5) is 0 Å². The average molecular weight is 1020 g/mol. The molecule has 0 spiro atoms. The molecule has 0 aromatic carbocycles. The molecule has 6 heteroatoms. The second-order valence-electron chi connectivity index (χ2n) is 24.0. The fourth-order valence-corrected chi connectivity index (χ4v) is 10.2. The molecule has 0 radical (unpaired) electrons. The second-order valence-corrected chi connectivity index (χ2v) is 24.0. The Morgan fingerprint density at radius 1 is 0.278 bits per heavy atom. The molecule has 0 aliphatic heterocycles. The van der Waals surface area contributed by atoms with E-state index in [-0.39, 0.29) is 31.1 Å². The largest absolute Gasteiger partial charge is 0.462 e. The normalized spacial score (nSPS) is 12.5. The van der Waals surface area contributed by atoms with E-state index in [1.54, 1.807) is 0 Å². The molecule has 0 saturated heterocycles. The van der Waals surface area contributed by atoms with Gasteiger partial charge in [0.2, 0.25) is 0 Å². The van der Waals surface area contributed by atoms with E-state index in [1.165, 1.54) is 250 Å². The molecular formula is C66H128O6. The molecule has 72 heavy (non-hydrogen) atoms. The highest BCUT2D eigenvalue weighted by molar-refractivity contribution is 5.71. The van der Waals surface area contributed by atoms with Crippen LogP contribution in [0.2, 0.25) is 0 Å². The van der Waals surface area contributed by atoms with Crippen molar-refractivity contribution in [3.8, 4) is 0 Å². The van der Waals surface area contributed by atoms with Crippen LogP contribution in [0.1, 0.15) is 369 Å². The first-order valence-corrected chi connectivity index (χ1v) is 32.6. The molecule has 0 fully saturated rings. The van der Waals surface area contributed by atoms with Gasteiger partial charge in [0.25, 0.3) is 0 Å². The summed E-state index contributed by atoms with van der Waals surface area (Å²) in [6, 6.07) is 0. The molecule has 0 N–H and O–H groups in total. The van der Waals surface area contributed by atoms with Gasteiger partial charge in [-0.15, -0.1) is 0 Å². The van der Waals surface area contributed by atoms with Crippen LogP contribution in [0.5, 0.6) is 0 Å². The van der Waals surface area contributed by atoms with Gasteiger partial charge < -0.3 is 14.2 Å². The highest BCUT2D eigenvalue weighted by Crippen LogP contribution is 2.20. The Hall–Kier alpha value is -1.59. The Balaban J connectivity index is 4.27. The van der Waals surface area contributed by atoms with Gasteiger partial charge in [0.15, 0.2) is 6.10 Å². The standard InChI is InChI=1S/C66H128O6/c1-7-62(6)54-48-42-36-30-24-17-14-15-19-27-33-39-45-51-57-66(69)72-63(59-71-65(68)56-50-44-38-32-26-21-20-23-29-35-41-47-53-61(4)5)58-70-64(67)55-49-43-37-31-25-18-13-11-9-8-10-12-16-22-28-34-40-46-52-60(2)3/h60-63H,7-59H2,1-6H3/t62?,63-/m0/s1. The number of ether oxygens (including phenoxy) is 3. The maximum Gasteiger partial charge on any atom is 0.306 e. The average Bonchev–Trinajstić information content (AvgIpc) is 3.36. The summed E-state index contributed by atoms with van der Waals surface area (Å²) in [5.74, 6) is 1.75. The van der Waals surface area contributed by atoms with Crippen LogP contribution in [-0.4, -0.2) is 37.2 Å². The van der Waals surface area contributed by atoms with Crippen LogP contribution >= 0.6 is 0 Å². The molecule has 0 heterocycles. The Morgan fingerprint density at radius 3 is 0.722 bits per heavy atom. The Bertz CT molecular complexity index is 1120. The highest BCUT2D eigenvalue weighted by atomic mass is 16.6. The summed E-state index contributed by atoms with van der Waals surface area (Å²) in [6.45, 7) is 13.9. The van der Waals surface area contributed by atoms with Crippen molar-refractivity contribution < 1.29 is 28.6 Å². The molecule has 0 bridgehead atoms. The van der Waals surface area contributed by atoms with Gasteiger partial charge in [-0.05, 0) is 37.0 Å². The summed E-state index contributed by atoms with van der Waals surface area (Å²) in [5, 5.41) is 0. The lowest BCUT2D eigenvalue weighted by molar-refractivity contribution is -0.167. The van der Waals surface area contributed by atoms with E-state index in [1.807, 2.05) is 0 Å². The molecule has 428 valence electrons. The molecule has 0 aromatic rings. The Kier molecular flexibility index (Phi) is 55.9. The first kappa shape index (κ1) is 70.4. The van der Waals surface area contributed by atoms with Crippen molar-refractivity contribution >= 4 is 17.9 Å². The number of hydrogen-bond donors (Lipinski definition) is 0. The molecule has 0 amide bonds. The van der Waals surface area contributed by atoms with E-state index in [2.05, 4.69) is 41.5 Å². The number of unbranched alkanes of at least 4 members (excludes halogenated alkanes) is 41. The number of carbonyl (C=O) groups excluding carboxylic acids is 3. The molecule has 0 rings (SSSR count). The maximum atomic E-state index is 12.9. The highest BCUT2D eigenvalue weighted by Gasteiger charge is 2.19. The predicted molar refractivity (Wildman–Crippen MR) is 312 cm³/mol. The van der Waals surface area contributed by atoms with Crippen molar-refractivity contribution in [2.75, 3.05) is 13.2 Å². The fraction of sp³-hybridized carbons (Fsp3) is 0.955. The smallest absolute Gasteiger partial charge is 0.306 e. The van der Waals surface area contributed by atoms with Crippen molar-refractivity contribution in [2.45, 2.75) is 375 Å². The first-order valence-electron chi connectivity index (χ1n) is 32.6. The van der Waals surface area contributed by atoms with E-state index in [0.717, 1.165) is 75.5 Å². The lowest BCUT2D eigenvalue weighted by Crippen LogP contribution is -2.30. The van der Waals surface area contributed by atoms with E-state index < -0.39 is 6.10 Å². The van der Waals surface area contributed by atoms with Crippen molar-refractivity contribution in [2.24, 2.45) is 17.8 Å². The van der Waals surface area contributed by atoms with Crippen LogP contribution in [-0.2, 0) is 28.6 Å². The Morgan fingerprint density at radius 2 is 0.486 bits per heavy atom. The Labute approximate surface area is 450 Å². The zero-order valence-electron chi connectivity index (χ0n) is 49.7. The third-order valence-electron chi connectivity index (χ3n) is 15.5.